The number of ether oxygens (including phenoxy) is 2. The van der Waals surface area contributed by atoms with Gasteiger partial charge in [0.05, 0.1) is 12.3 Å². The van der Waals surface area contributed by atoms with Gasteiger partial charge in [-0.25, -0.2) is 0 Å². The van der Waals surface area contributed by atoms with Crippen molar-refractivity contribution in [2.75, 3.05) is 31.3 Å². The van der Waals surface area contributed by atoms with E-state index in [1.807, 2.05) is 18.2 Å². The van der Waals surface area contributed by atoms with Crippen molar-refractivity contribution in [3.05, 3.63) is 18.2 Å². The van der Waals surface area contributed by atoms with Crippen LogP contribution in [0.4, 0.5) is 0 Å². The lowest BCUT2D eigenvalue weighted by Crippen LogP contribution is -2.28. The van der Waals surface area contributed by atoms with Crippen LogP contribution in [0.3, 0.4) is 0 Å². The molecule has 0 aromatic heterocycles. The van der Waals surface area contributed by atoms with Crippen LogP contribution in [-0.2, 0) is 4.79 Å². The number of amidine groups is 1. The summed E-state index contributed by atoms with van der Waals surface area (Å²) in [5.74, 6) is 2.79. The number of aliphatic imine (C=N–C) groups is 1. The molecule has 20 heavy (non-hydrogen) atoms. The Bertz CT molecular complexity index is 548. The molecule has 0 saturated carbocycles. The molecule has 3 rings (SSSR count). The Morgan fingerprint density at radius 3 is 3.00 bits per heavy atom. The fourth-order valence-corrected chi connectivity index (χ4v) is 3.30. The highest BCUT2D eigenvalue weighted by atomic mass is 32.2. The summed E-state index contributed by atoms with van der Waals surface area (Å²) in [6.45, 7) is 1.94. The van der Waals surface area contributed by atoms with Crippen LogP contribution >= 0.6 is 23.5 Å². The fourth-order valence-electron chi connectivity index (χ4n) is 1.83. The lowest BCUT2D eigenvalue weighted by Gasteiger charge is -2.18. The Hall–Kier alpha value is -1.34. The maximum absolute atomic E-state index is 11.8. The molecule has 0 bridgehead atoms. The van der Waals surface area contributed by atoms with E-state index >= 15 is 0 Å². The van der Waals surface area contributed by atoms with Crippen LogP contribution in [0.2, 0.25) is 0 Å². The quantitative estimate of drug-likeness (QED) is 0.862. The minimum absolute atomic E-state index is 0.0296. The number of nitrogens with one attached hydrogen (secondary N) is 1. The largest absolute Gasteiger partial charge is 0.486 e. The maximum atomic E-state index is 11.8. The summed E-state index contributed by atoms with van der Waals surface area (Å²) in [6, 6.07) is 5.73. The zero-order chi connectivity index (χ0) is 13.8. The molecule has 5 nitrogen and oxygen atoms in total. The molecule has 2 heterocycles. The molecule has 0 fully saturated rings. The van der Waals surface area contributed by atoms with Crippen molar-refractivity contribution in [1.29, 1.82) is 0 Å². The first-order chi connectivity index (χ1) is 9.81. The van der Waals surface area contributed by atoms with Gasteiger partial charge < -0.3 is 14.8 Å². The zero-order valence-corrected chi connectivity index (χ0v) is 12.4. The van der Waals surface area contributed by atoms with E-state index in [1.54, 1.807) is 11.8 Å². The Labute approximate surface area is 125 Å². The van der Waals surface area contributed by atoms with E-state index in [0.717, 1.165) is 33.9 Å². The van der Waals surface area contributed by atoms with Crippen molar-refractivity contribution in [2.45, 2.75) is 4.90 Å². The third-order valence-electron chi connectivity index (χ3n) is 2.72. The summed E-state index contributed by atoms with van der Waals surface area (Å²) in [5.41, 5.74) is 0. The highest BCUT2D eigenvalue weighted by Gasteiger charge is 2.14. The van der Waals surface area contributed by atoms with Gasteiger partial charge in [-0.1, -0.05) is 11.8 Å². The highest BCUT2D eigenvalue weighted by Crippen LogP contribution is 2.34. The number of hydrogen-bond acceptors (Lipinski definition) is 6. The SMILES string of the molecule is O=C(CSc1ccc2c(c1)OCCO2)NC1=NCCS1. The number of carbonyl (C=O) groups excluding carboxylic acids is 1. The zero-order valence-electron chi connectivity index (χ0n) is 10.8. The van der Waals surface area contributed by atoms with Gasteiger partial charge in [-0.3, -0.25) is 9.79 Å². The normalized spacial score (nSPS) is 16.7. The Morgan fingerprint density at radius 2 is 2.20 bits per heavy atom. The van der Waals surface area contributed by atoms with Crippen LogP contribution in [-0.4, -0.2) is 42.3 Å². The van der Waals surface area contributed by atoms with Crippen molar-refractivity contribution in [3.8, 4) is 11.5 Å². The van der Waals surface area contributed by atoms with Crippen LogP contribution in [0.15, 0.2) is 28.1 Å². The number of fused-ring (bicyclic) bond motifs is 1. The Kier molecular flexibility index (Phi) is 4.37. The molecule has 1 aromatic carbocycles. The van der Waals surface area contributed by atoms with Crippen molar-refractivity contribution in [3.63, 3.8) is 0 Å². The number of carbonyl (C=O) groups is 1. The second-order valence-electron chi connectivity index (χ2n) is 4.18. The van der Waals surface area contributed by atoms with Gasteiger partial charge in [0.25, 0.3) is 0 Å². The molecule has 1 aromatic rings. The molecule has 0 atom stereocenters. The molecule has 0 aliphatic carbocycles. The number of nitrogens with zero attached hydrogens (tertiary/aromatic N) is 1. The van der Waals surface area contributed by atoms with Crippen molar-refractivity contribution < 1.29 is 14.3 Å². The minimum atomic E-state index is -0.0296. The third kappa shape index (κ3) is 3.40. The molecule has 1 N–H and O–H groups in total. The Balaban J connectivity index is 1.54. The van der Waals surface area contributed by atoms with Gasteiger partial charge in [0, 0.05) is 10.6 Å². The predicted molar refractivity (Wildman–Crippen MR) is 81.1 cm³/mol. The summed E-state index contributed by atoms with van der Waals surface area (Å²) >= 11 is 3.06. The van der Waals surface area contributed by atoms with Gasteiger partial charge in [0.1, 0.15) is 13.2 Å². The molecule has 0 spiro atoms. The van der Waals surface area contributed by atoms with Crippen molar-refractivity contribution in [1.82, 2.24) is 5.32 Å². The van der Waals surface area contributed by atoms with E-state index in [9.17, 15) is 4.79 Å². The van der Waals surface area contributed by atoms with Gasteiger partial charge in [-0.05, 0) is 18.2 Å². The molecular formula is C13H14N2O3S2. The molecule has 1 amide bonds. The number of thioether (sulfide) groups is 2. The fraction of sp³-hybridized carbons (Fsp3) is 0.385. The first-order valence-electron chi connectivity index (χ1n) is 6.31. The number of amides is 1. The number of hydrogen-bond donors (Lipinski definition) is 1. The van der Waals surface area contributed by atoms with E-state index < -0.39 is 0 Å². The predicted octanol–water partition coefficient (Wildman–Crippen LogP) is 1.77. The van der Waals surface area contributed by atoms with Gasteiger partial charge in [-0.15, -0.1) is 11.8 Å². The van der Waals surface area contributed by atoms with Crippen molar-refractivity contribution >= 4 is 34.6 Å². The van der Waals surface area contributed by atoms with E-state index in [-0.39, 0.29) is 5.91 Å². The van der Waals surface area contributed by atoms with Crippen LogP contribution in [0.25, 0.3) is 0 Å². The van der Waals surface area contributed by atoms with E-state index in [2.05, 4.69) is 10.3 Å². The van der Waals surface area contributed by atoms with Crippen LogP contribution in [0.1, 0.15) is 0 Å². The monoisotopic (exact) mass is 310 g/mol. The average molecular weight is 310 g/mol. The lowest BCUT2D eigenvalue weighted by atomic mass is 10.3. The minimum Gasteiger partial charge on any atom is -0.486 e. The number of benzene rings is 1. The molecular weight excluding hydrogens is 296 g/mol. The highest BCUT2D eigenvalue weighted by molar-refractivity contribution is 8.14. The smallest absolute Gasteiger partial charge is 0.236 e. The molecule has 0 radical (unpaired) electrons. The third-order valence-corrected chi connectivity index (χ3v) is 4.60. The van der Waals surface area contributed by atoms with Crippen LogP contribution in [0, 0.1) is 0 Å². The molecule has 2 aliphatic heterocycles. The van der Waals surface area contributed by atoms with Crippen molar-refractivity contribution in [2.24, 2.45) is 4.99 Å². The first-order valence-corrected chi connectivity index (χ1v) is 8.28. The van der Waals surface area contributed by atoms with E-state index in [1.165, 1.54) is 11.8 Å². The van der Waals surface area contributed by atoms with Crippen LogP contribution in [0.5, 0.6) is 11.5 Å². The standard InChI is InChI=1S/C13H14N2O3S2/c16-12(15-13-14-3-6-19-13)8-20-9-1-2-10-11(7-9)18-5-4-17-10/h1-2,7H,3-6,8H2,(H,14,15,16). The van der Waals surface area contributed by atoms with Gasteiger partial charge in [-0.2, -0.15) is 0 Å². The van der Waals surface area contributed by atoms with Gasteiger partial charge in [0.15, 0.2) is 16.7 Å². The van der Waals surface area contributed by atoms with Gasteiger partial charge in [0.2, 0.25) is 5.91 Å². The molecule has 0 saturated heterocycles. The van der Waals surface area contributed by atoms with E-state index in [4.69, 9.17) is 9.47 Å². The maximum Gasteiger partial charge on any atom is 0.236 e. The summed E-state index contributed by atoms with van der Waals surface area (Å²) in [6.07, 6.45) is 0. The summed E-state index contributed by atoms with van der Waals surface area (Å²) in [7, 11) is 0. The number of rotatable bonds is 3. The molecule has 106 valence electrons. The van der Waals surface area contributed by atoms with Crippen LogP contribution < -0.4 is 14.8 Å². The lowest BCUT2D eigenvalue weighted by molar-refractivity contribution is -0.117. The first kappa shape index (κ1) is 13.6. The summed E-state index contributed by atoms with van der Waals surface area (Å²) in [4.78, 5) is 17.0. The van der Waals surface area contributed by atoms with E-state index in [0.29, 0.717) is 19.0 Å². The Morgan fingerprint density at radius 1 is 1.35 bits per heavy atom. The summed E-state index contributed by atoms with van der Waals surface area (Å²) < 4.78 is 11.0. The second-order valence-corrected chi connectivity index (χ2v) is 6.31. The van der Waals surface area contributed by atoms with Gasteiger partial charge >= 0.3 is 0 Å². The second kappa shape index (κ2) is 6.41. The molecule has 0 unspecified atom stereocenters. The molecule has 2 aliphatic rings. The average Bonchev–Trinajstić information content (AvgIpc) is 2.98. The molecule has 7 heteroatoms. The summed E-state index contributed by atoms with van der Waals surface area (Å²) in [5, 5.41) is 3.54. The topological polar surface area (TPSA) is 59.9 Å².